The van der Waals surface area contributed by atoms with E-state index in [0.29, 0.717) is 12.1 Å². The maximum absolute atomic E-state index is 15.0. The number of hydrogen-bond acceptors (Lipinski definition) is 4. The number of carbonyl (C=O) groups is 4. The summed E-state index contributed by atoms with van der Waals surface area (Å²) < 4.78 is 235. The maximum Gasteiger partial charge on any atom is 0.460 e. The number of amides is 2. The third kappa shape index (κ3) is 6.81. The van der Waals surface area contributed by atoms with Crippen molar-refractivity contribution in [1.29, 1.82) is 0 Å². The van der Waals surface area contributed by atoms with Gasteiger partial charge in [0, 0.05) is 22.3 Å². The molecule has 0 saturated heterocycles. The summed E-state index contributed by atoms with van der Waals surface area (Å²) in [7, 11) is 0. The number of alkyl halides is 20. The molecule has 6 nitrogen and oxygen atoms in total. The van der Waals surface area contributed by atoms with E-state index >= 15 is 0 Å². The lowest BCUT2D eigenvalue weighted by Crippen LogP contribution is -2.67. The summed E-state index contributed by atoms with van der Waals surface area (Å²) in [5.74, 6) is -41.6. The van der Waals surface area contributed by atoms with Crippen LogP contribution in [0, 0.1) is 0 Å². The van der Waals surface area contributed by atoms with Gasteiger partial charge < -0.3 is 10.6 Å². The number of rotatable bonds is 11. The van der Waals surface area contributed by atoms with Crippen LogP contribution in [-0.2, 0) is 10.7 Å². The van der Waals surface area contributed by atoms with Crippen molar-refractivity contribution in [3.8, 4) is 0 Å². The van der Waals surface area contributed by atoms with Gasteiger partial charge in [-0.3, -0.25) is 19.2 Å². The topological polar surface area (TPSA) is 92.3 Å². The Morgan fingerprint density at radius 2 is 0.930 bits per heavy atom. The van der Waals surface area contributed by atoms with Crippen LogP contribution >= 0.6 is 34.8 Å². The standard InChI is InChI=1S/C31H12Cl3F17N2O4/c32-25(39,28(43,44)26(33,40)30(34,47)48)24(37,38)22(57)53-16-10-9-15(17-18(16)20(55)14-4-2-1-3-13(14)19(17)54)52-21(56)11-5-7-12(8-6-11)23(35,36)27(41,42)29(45,46)31(49,50)51/h1-10H,(H,52,56)(H,53,57). The van der Waals surface area contributed by atoms with Gasteiger partial charge in [-0.05, 0) is 35.9 Å². The van der Waals surface area contributed by atoms with E-state index in [4.69, 9.17) is 0 Å². The molecule has 0 spiro atoms. The van der Waals surface area contributed by atoms with E-state index in [-0.39, 0.29) is 24.3 Å². The molecular weight excluding hydrogens is 894 g/mol. The van der Waals surface area contributed by atoms with Crippen LogP contribution in [0.3, 0.4) is 0 Å². The summed E-state index contributed by atoms with van der Waals surface area (Å²) in [6, 6.07) is 5.14. The van der Waals surface area contributed by atoms with Gasteiger partial charge in [-0.15, -0.1) is 0 Å². The van der Waals surface area contributed by atoms with Crippen LogP contribution in [0.5, 0.6) is 0 Å². The van der Waals surface area contributed by atoms with Gasteiger partial charge in [0.2, 0.25) is 0 Å². The van der Waals surface area contributed by atoms with Crippen molar-refractivity contribution in [2.45, 2.75) is 51.4 Å². The van der Waals surface area contributed by atoms with Gasteiger partial charge in [-0.25, -0.2) is 8.78 Å². The second-order valence-electron chi connectivity index (χ2n) is 11.6. The number of carbonyl (C=O) groups excluding carboxylic acids is 4. The minimum atomic E-state index is -7.26. The van der Waals surface area contributed by atoms with E-state index in [1.807, 2.05) is 5.32 Å². The first-order valence-corrected chi connectivity index (χ1v) is 15.5. The zero-order chi connectivity index (χ0) is 43.9. The zero-order valence-electron chi connectivity index (χ0n) is 26.5. The van der Waals surface area contributed by atoms with Crippen molar-refractivity contribution in [2.75, 3.05) is 10.6 Å². The molecule has 57 heavy (non-hydrogen) atoms. The number of ketones is 2. The van der Waals surface area contributed by atoms with Crippen LogP contribution in [0.15, 0.2) is 60.7 Å². The SMILES string of the molecule is O=C(Nc1ccc(NC(=O)C(F)(F)C(F)(Cl)C(F)(F)C(F)(Cl)C(F)(F)Cl)c2c1C(=O)c1ccccc1C2=O)c1ccc(C(F)(F)C(F)(F)C(F)(F)C(F)(F)F)cc1. The Bertz CT molecular complexity index is 2150. The van der Waals surface area contributed by atoms with Crippen molar-refractivity contribution in [3.63, 3.8) is 0 Å². The molecule has 2 N–H and O–H groups in total. The van der Waals surface area contributed by atoms with Crippen molar-refractivity contribution < 1.29 is 93.8 Å². The molecule has 0 aliphatic heterocycles. The van der Waals surface area contributed by atoms with E-state index in [9.17, 15) is 93.8 Å². The van der Waals surface area contributed by atoms with Crippen LogP contribution in [0.2, 0.25) is 0 Å². The molecule has 1 aliphatic rings. The highest BCUT2D eigenvalue weighted by molar-refractivity contribution is 6.35. The van der Waals surface area contributed by atoms with E-state index in [1.165, 1.54) is 6.07 Å². The van der Waals surface area contributed by atoms with Crippen LogP contribution in [0.4, 0.5) is 86.0 Å². The average molecular weight is 906 g/mol. The van der Waals surface area contributed by atoms with E-state index in [0.717, 1.165) is 23.5 Å². The first kappa shape index (κ1) is 45.3. The van der Waals surface area contributed by atoms with Gasteiger partial charge in [-0.2, -0.15) is 65.9 Å². The Labute approximate surface area is 319 Å². The predicted octanol–water partition coefficient (Wildman–Crippen LogP) is 10.5. The summed E-state index contributed by atoms with van der Waals surface area (Å²) in [6.45, 7) is 0. The average Bonchev–Trinajstić information content (AvgIpc) is 3.09. The zero-order valence-corrected chi connectivity index (χ0v) is 28.7. The molecule has 0 fully saturated rings. The fourth-order valence-electron chi connectivity index (χ4n) is 4.93. The van der Waals surface area contributed by atoms with E-state index < -0.39 is 120 Å². The molecule has 3 aromatic carbocycles. The fraction of sp³-hybridized carbons (Fsp3) is 0.290. The molecule has 0 radical (unpaired) electrons. The van der Waals surface area contributed by atoms with Gasteiger partial charge >= 0.3 is 51.4 Å². The molecule has 2 atom stereocenters. The summed E-state index contributed by atoms with van der Waals surface area (Å²) in [5.41, 5.74) is -8.54. The van der Waals surface area contributed by atoms with Gasteiger partial charge in [-0.1, -0.05) is 59.6 Å². The molecule has 0 bridgehead atoms. The van der Waals surface area contributed by atoms with Crippen molar-refractivity contribution in [3.05, 3.63) is 94.0 Å². The lowest BCUT2D eigenvalue weighted by molar-refractivity contribution is -0.399. The largest absolute Gasteiger partial charge is 0.460 e. The monoisotopic (exact) mass is 904 g/mol. The highest BCUT2D eigenvalue weighted by Gasteiger charge is 2.85. The number of fused-ring (bicyclic) bond motifs is 2. The predicted molar refractivity (Wildman–Crippen MR) is 163 cm³/mol. The second-order valence-corrected chi connectivity index (χ2v) is 13.1. The smallest absolute Gasteiger partial charge is 0.321 e. The number of anilines is 2. The van der Waals surface area contributed by atoms with Crippen molar-refractivity contribution in [1.82, 2.24) is 0 Å². The Hall–Kier alpha value is -4.38. The number of hydrogen-bond donors (Lipinski definition) is 2. The van der Waals surface area contributed by atoms with E-state index in [1.54, 1.807) is 0 Å². The third-order valence-electron chi connectivity index (χ3n) is 8.05. The van der Waals surface area contributed by atoms with Gasteiger partial charge in [0.1, 0.15) is 0 Å². The minimum absolute atomic E-state index is 0.161. The molecule has 0 heterocycles. The molecule has 0 aromatic heterocycles. The molecule has 310 valence electrons. The Kier molecular flexibility index (Phi) is 11.0. The van der Waals surface area contributed by atoms with Gasteiger partial charge in [0.15, 0.2) is 11.6 Å². The first-order chi connectivity index (χ1) is 25.5. The molecule has 0 saturated carbocycles. The lowest BCUT2D eigenvalue weighted by atomic mass is 9.82. The van der Waals surface area contributed by atoms with Gasteiger partial charge in [0.25, 0.3) is 11.8 Å². The highest BCUT2D eigenvalue weighted by atomic mass is 35.5. The fourth-order valence-corrected chi connectivity index (χ4v) is 5.44. The summed E-state index contributed by atoms with van der Waals surface area (Å²) >= 11 is 12.9. The number of benzene rings is 3. The van der Waals surface area contributed by atoms with Crippen LogP contribution in [-0.4, -0.2) is 68.9 Å². The van der Waals surface area contributed by atoms with Crippen LogP contribution in [0.1, 0.15) is 47.8 Å². The lowest BCUT2D eigenvalue weighted by Gasteiger charge is -2.39. The molecule has 26 heteroatoms. The van der Waals surface area contributed by atoms with Crippen molar-refractivity contribution >= 4 is 69.6 Å². The Morgan fingerprint density at radius 3 is 1.33 bits per heavy atom. The molecular formula is C31H12Cl3F17N2O4. The Morgan fingerprint density at radius 1 is 0.509 bits per heavy atom. The normalized spacial score (nSPS) is 16.6. The third-order valence-corrected chi connectivity index (χ3v) is 9.36. The van der Waals surface area contributed by atoms with E-state index in [2.05, 4.69) is 34.8 Å². The summed E-state index contributed by atoms with van der Waals surface area (Å²) in [5, 5.41) is -15.8. The van der Waals surface area contributed by atoms with Crippen LogP contribution < -0.4 is 10.6 Å². The quantitative estimate of drug-likeness (QED) is 0.116. The van der Waals surface area contributed by atoms with Gasteiger partial charge in [0.05, 0.1) is 22.5 Å². The first-order valence-electron chi connectivity index (χ1n) is 14.4. The summed E-state index contributed by atoms with van der Waals surface area (Å²) in [6.07, 6.45) is -7.15. The molecule has 3 aromatic rings. The molecule has 1 aliphatic carbocycles. The number of halogens is 20. The van der Waals surface area contributed by atoms with Crippen molar-refractivity contribution in [2.24, 2.45) is 0 Å². The maximum atomic E-state index is 15.0. The number of nitrogens with one attached hydrogen (secondary N) is 2. The molecule has 2 amide bonds. The molecule has 4 rings (SSSR count). The second kappa shape index (κ2) is 13.9. The molecule has 2 unspecified atom stereocenters. The van der Waals surface area contributed by atoms with Crippen LogP contribution in [0.25, 0.3) is 0 Å². The highest BCUT2D eigenvalue weighted by Crippen LogP contribution is 2.60. The minimum Gasteiger partial charge on any atom is -0.321 e. The Balaban J connectivity index is 1.76. The summed E-state index contributed by atoms with van der Waals surface area (Å²) in [4.78, 5) is 52.6.